The molecule has 0 radical (unpaired) electrons. The van der Waals surface area contributed by atoms with Crippen molar-refractivity contribution in [3.8, 4) is 6.07 Å². The van der Waals surface area contributed by atoms with E-state index in [0.29, 0.717) is 30.3 Å². The van der Waals surface area contributed by atoms with Crippen LogP contribution in [0, 0.1) is 22.7 Å². The second kappa shape index (κ2) is 8.91. The number of piperidine rings is 1. The number of amides is 2. The Morgan fingerprint density at radius 2 is 1.79 bits per heavy atom. The van der Waals surface area contributed by atoms with Crippen LogP contribution >= 0.6 is 0 Å². The molecule has 1 heterocycles. The van der Waals surface area contributed by atoms with Crippen LogP contribution in [-0.2, 0) is 16.0 Å². The van der Waals surface area contributed by atoms with Gasteiger partial charge in [0.25, 0.3) is 0 Å². The van der Waals surface area contributed by atoms with Gasteiger partial charge in [-0.3, -0.25) is 9.59 Å². The van der Waals surface area contributed by atoms with E-state index in [-0.39, 0.29) is 11.8 Å². The fourth-order valence-electron chi connectivity index (χ4n) is 3.73. The molecule has 2 amide bonds. The first kappa shape index (κ1) is 20.6. The van der Waals surface area contributed by atoms with Gasteiger partial charge in [-0.25, -0.2) is 0 Å². The van der Waals surface area contributed by atoms with E-state index >= 15 is 0 Å². The average Bonchev–Trinajstić information content (AvgIpc) is 2.74. The molecule has 1 N–H and O–H groups in total. The van der Waals surface area contributed by atoms with E-state index < -0.39 is 5.41 Å². The Morgan fingerprint density at radius 3 is 2.45 bits per heavy atom. The average molecular weight is 389 g/mol. The second-order valence-electron chi connectivity index (χ2n) is 8.20. The van der Waals surface area contributed by atoms with Gasteiger partial charge in [0, 0.05) is 18.8 Å². The van der Waals surface area contributed by atoms with E-state index in [1.165, 1.54) is 5.56 Å². The molecule has 0 aromatic heterocycles. The number of rotatable bonds is 5. The van der Waals surface area contributed by atoms with Crippen molar-refractivity contribution in [3.05, 3.63) is 65.7 Å². The summed E-state index contributed by atoms with van der Waals surface area (Å²) in [5.74, 6) is 0.0562. The van der Waals surface area contributed by atoms with Crippen LogP contribution in [0.15, 0.2) is 54.6 Å². The van der Waals surface area contributed by atoms with E-state index in [0.717, 1.165) is 19.3 Å². The third-order valence-electron chi connectivity index (χ3n) is 5.62. The van der Waals surface area contributed by atoms with Gasteiger partial charge in [-0.1, -0.05) is 36.4 Å². The van der Waals surface area contributed by atoms with Gasteiger partial charge in [-0.05, 0) is 62.8 Å². The first-order valence-electron chi connectivity index (χ1n) is 10.0. The lowest BCUT2D eigenvalue weighted by atomic mass is 9.86. The zero-order valence-electron chi connectivity index (χ0n) is 17.0. The summed E-state index contributed by atoms with van der Waals surface area (Å²) in [7, 11) is 0. The van der Waals surface area contributed by atoms with Gasteiger partial charge in [0.15, 0.2) is 0 Å². The number of nitriles is 1. The smallest absolute Gasteiger partial charge is 0.239 e. The molecule has 1 aliphatic rings. The van der Waals surface area contributed by atoms with Crippen molar-refractivity contribution in [2.45, 2.75) is 33.1 Å². The summed E-state index contributed by atoms with van der Waals surface area (Å²) in [5, 5.41) is 11.8. The van der Waals surface area contributed by atoms with Crippen molar-refractivity contribution in [3.63, 3.8) is 0 Å². The van der Waals surface area contributed by atoms with Gasteiger partial charge in [0.1, 0.15) is 5.41 Å². The first-order chi connectivity index (χ1) is 13.9. The van der Waals surface area contributed by atoms with Gasteiger partial charge in [-0.15, -0.1) is 0 Å². The fraction of sp³-hybridized carbons (Fsp3) is 0.375. The number of benzene rings is 2. The lowest BCUT2D eigenvalue weighted by molar-refractivity contribution is -0.147. The highest BCUT2D eigenvalue weighted by atomic mass is 16.2. The maximum absolute atomic E-state index is 13.1. The van der Waals surface area contributed by atoms with E-state index in [9.17, 15) is 9.59 Å². The van der Waals surface area contributed by atoms with Gasteiger partial charge in [-0.2, -0.15) is 5.26 Å². The molecule has 0 bridgehead atoms. The molecule has 0 spiro atoms. The van der Waals surface area contributed by atoms with Crippen LogP contribution in [0.3, 0.4) is 0 Å². The number of hydrogen-bond donors (Lipinski definition) is 1. The van der Waals surface area contributed by atoms with Crippen LogP contribution in [0.4, 0.5) is 5.69 Å². The van der Waals surface area contributed by atoms with Crippen molar-refractivity contribution in [2.24, 2.45) is 11.3 Å². The third kappa shape index (κ3) is 5.03. The molecule has 3 rings (SSSR count). The quantitative estimate of drug-likeness (QED) is 0.786. The van der Waals surface area contributed by atoms with Crippen molar-refractivity contribution >= 4 is 17.5 Å². The lowest BCUT2D eigenvalue weighted by Gasteiger charge is -2.36. The Balaban J connectivity index is 1.57. The number of carbonyl (C=O) groups excluding carboxylic acids is 2. The van der Waals surface area contributed by atoms with Crippen LogP contribution in [0.1, 0.15) is 37.8 Å². The number of anilines is 1. The van der Waals surface area contributed by atoms with Gasteiger partial charge in [0.2, 0.25) is 11.8 Å². The molecule has 5 heteroatoms. The molecule has 5 nitrogen and oxygen atoms in total. The summed E-state index contributed by atoms with van der Waals surface area (Å²) in [6.45, 7) is 4.68. The highest BCUT2D eigenvalue weighted by molar-refractivity contribution is 6.09. The fourth-order valence-corrected chi connectivity index (χ4v) is 3.73. The molecule has 150 valence electrons. The van der Waals surface area contributed by atoms with Crippen molar-refractivity contribution in [1.29, 1.82) is 5.26 Å². The number of nitrogens with zero attached hydrogens (tertiary/aromatic N) is 2. The maximum Gasteiger partial charge on any atom is 0.239 e. The summed E-state index contributed by atoms with van der Waals surface area (Å²) in [6, 6.07) is 19.2. The van der Waals surface area contributed by atoms with Gasteiger partial charge < -0.3 is 10.2 Å². The third-order valence-corrected chi connectivity index (χ3v) is 5.62. The lowest BCUT2D eigenvalue weighted by Crippen LogP contribution is -2.50. The number of nitrogens with one attached hydrogen (secondary N) is 1. The molecule has 1 fully saturated rings. The molecule has 29 heavy (non-hydrogen) atoms. The zero-order valence-corrected chi connectivity index (χ0v) is 17.0. The molecule has 1 aliphatic heterocycles. The van der Waals surface area contributed by atoms with Crippen LogP contribution < -0.4 is 5.32 Å². The minimum atomic E-state index is -1.17. The highest BCUT2D eigenvalue weighted by Crippen LogP contribution is 2.27. The Bertz CT molecular complexity index is 907. The van der Waals surface area contributed by atoms with E-state index in [4.69, 9.17) is 5.26 Å². The molecular weight excluding hydrogens is 362 g/mol. The summed E-state index contributed by atoms with van der Waals surface area (Å²) < 4.78 is 0. The Morgan fingerprint density at radius 1 is 1.10 bits per heavy atom. The molecule has 0 saturated carbocycles. The summed E-state index contributed by atoms with van der Waals surface area (Å²) in [6.07, 6.45) is 2.92. The molecule has 0 aliphatic carbocycles. The number of likely N-dealkylation sites (tertiary alicyclic amines) is 1. The highest BCUT2D eigenvalue weighted by Gasteiger charge is 2.40. The molecular formula is C24H27N3O2. The van der Waals surface area contributed by atoms with E-state index in [1.54, 1.807) is 38.1 Å². The van der Waals surface area contributed by atoms with Crippen LogP contribution in [0.5, 0.6) is 0 Å². The molecule has 2 aromatic carbocycles. The van der Waals surface area contributed by atoms with E-state index in [1.807, 2.05) is 17.0 Å². The Kier molecular flexibility index (Phi) is 6.33. The minimum Gasteiger partial charge on any atom is -0.342 e. The predicted molar refractivity (Wildman–Crippen MR) is 113 cm³/mol. The first-order valence-corrected chi connectivity index (χ1v) is 10.0. The normalized spacial score (nSPS) is 14.9. The van der Waals surface area contributed by atoms with Gasteiger partial charge in [0.05, 0.1) is 11.6 Å². The molecule has 0 atom stereocenters. The SMILES string of the molecule is CC(C)(C(=O)Nc1cccc(C#N)c1)C(=O)N1CCC(Cc2ccccc2)CC1. The second-order valence-corrected chi connectivity index (χ2v) is 8.20. The predicted octanol–water partition coefficient (Wildman–Crippen LogP) is 4.00. The topological polar surface area (TPSA) is 73.2 Å². The Hall–Kier alpha value is -3.13. The van der Waals surface area contributed by atoms with E-state index in [2.05, 4.69) is 29.6 Å². The number of hydrogen-bond acceptors (Lipinski definition) is 3. The summed E-state index contributed by atoms with van der Waals surface area (Å²) >= 11 is 0. The molecule has 1 saturated heterocycles. The minimum absolute atomic E-state index is 0.149. The Labute approximate surface area is 172 Å². The standard InChI is InChI=1S/C24H27N3O2/c1-24(2,22(28)26-21-10-6-9-20(16-21)17-25)23(29)27-13-11-19(12-14-27)15-18-7-4-3-5-8-18/h3-10,16,19H,11-15H2,1-2H3,(H,26,28). The van der Waals surface area contributed by atoms with Crippen LogP contribution in [0.2, 0.25) is 0 Å². The van der Waals surface area contributed by atoms with Crippen molar-refractivity contribution in [2.75, 3.05) is 18.4 Å². The zero-order chi connectivity index (χ0) is 20.9. The number of carbonyl (C=O) groups is 2. The van der Waals surface area contributed by atoms with Gasteiger partial charge >= 0.3 is 0 Å². The summed E-state index contributed by atoms with van der Waals surface area (Å²) in [5.41, 5.74) is 1.15. The van der Waals surface area contributed by atoms with Crippen molar-refractivity contribution in [1.82, 2.24) is 4.90 Å². The largest absolute Gasteiger partial charge is 0.342 e. The molecule has 0 unspecified atom stereocenters. The van der Waals surface area contributed by atoms with Crippen LogP contribution in [-0.4, -0.2) is 29.8 Å². The van der Waals surface area contributed by atoms with Crippen molar-refractivity contribution < 1.29 is 9.59 Å². The summed E-state index contributed by atoms with van der Waals surface area (Å²) in [4.78, 5) is 27.6. The molecule has 2 aromatic rings. The monoisotopic (exact) mass is 389 g/mol. The van der Waals surface area contributed by atoms with Crippen LogP contribution in [0.25, 0.3) is 0 Å². The maximum atomic E-state index is 13.1.